The first-order valence-electron chi connectivity index (χ1n) is 5.69. The second-order valence-corrected chi connectivity index (χ2v) is 6.35. The van der Waals surface area contributed by atoms with Crippen molar-refractivity contribution in [1.29, 1.82) is 0 Å². The molecule has 2 heterocycles. The first-order valence-corrected chi connectivity index (χ1v) is 7.65. The summed E-state index contributed by atoms with van der Waals surface area (Å²) in [5.41, 5.74) is 1.68. The molecule has 0 bridgehead atoms. The Morgan fingerprint density at radius 3 is 2.80 bits per heavy atom. The number of nitrogens with zero attached hydrogens (tertiary/aromatic N) is 1. The lowest BCUT2D eigenvalue weighted by Gasteiger charge is -2.04. The van der Waals surface area contributed by atoms with E-state index in [0.29, 0.717) is 27.2 Å². The maximum Gasteiger partial charge on any atom is 0.196 e. The van der Waals surface area contributed by atoms with Crippen LogP contribution in [0.25, 0.3) is 11.0 Å². The molecule has 0 atom stereocenters. The Balaban J connectivity index is 2.21. The fraction of sp³-hybridized carbons (Fsp3) is 0. The van der Waals surface area contributed by atoms with E-state index in [-0.39, 0.29) is 5.78 Å². The molecule has 1 aromatic carbocycles. The largest absolute Gasteiger partial charge is 0.345 e. The summed E-state index contributed by atoms with van der Waals surface area (Å²) in [6, 6.07) is 7.14. The molecule has 0 unspecified atom stereocenters. The van der Waals surface area contributed by atoms with Crippen molar-refractivity contribution in [3.63, 3.8) is 0 Å². The molecule has 3 rings (SSSR count). The number of rotatable bonds is 2. The van der Waals surface area contributed by atoms with E-state index in [1.165, 1.54) is 0 Å². The smallest absolute Gasteiger partial charge is 0.196 e. The van der Waals surface area contributed by atoms with Crippen molar-refractivity contribution >= 4 is 60.3 Å². The predicted molar refractivity (Wildman–Crippen MR) is 86.4 cm³/mol. The van der Waals surface area contributed by atoms with Crippen molar-refractivity contribution in [3.05, 3.63) is 61.8 Å². The van der Waals surface area contributed by atoms with Gasteiger partial charge in [0.05, 0.1) is 10.6 Å². The lowest BCUT2D eigenvalue weighted by molar-refractivity contribution is 0.103. The van der Waals surface area contributed by atoms with Gasteiger partial charge in [-0.05, 0) is 24.3 Å². The van der Waals surface area contributed by atoms with Crippen molar-refractivity contribution in [2.24, 2.45) is 0 Å². The predicted octanol–water partition coefficient (Wildman–Crippen LogP) is 4.97. The van der Waals surface area contributed by atoms with Gasteiger partial charge in [0.1, 0.15) is 5.65 Å². The maximum atomic E-state index is 12.7. The summed E-state index contributed by atoms with van der Waals surface area (Å²) in [6.07, 6.45) is 3.24. The van der Waals surface area contributed by atoms with Crippen molar-refractivity contribution in [1.82, 2.24) is 9.97 Å². The van der Waals surface area contributed by atoms with Gasteiger partial charge in [0.25, 0.3) is 0 Å². The molecule has 1 N–H and O–H groups in total. The van der Waals surface area contributed by atoms with Gasteiger partial charge >= 0.3 is 0 Å². The molecule has 0 spiro atoms. The Kier molecular flexibility index (Phi) is 3.67. The van der Waals surface area contributed by atoms with Gasteiger partial charge < -0.3 is 4.98 Å². The standard InChI is InChI=1S/C14H7Br2ClN2O/c15-7-1-2-10(16)8(5-7)13(20)9-6-19-14-12(9)11(17)3-4-18-14/h1-6H,(H,18,19). The molecule has 0 aliphatic rings. The molecule has 20 heavy (non-hydrogen) atoms. The fourth-order valence-corrected chi connectivity index (χ4v) is 3.05. The number of carbonyl (C=O) groups is 1. The highest BCUT2D eigenvalue weighted by Gasteiger charge is 2.19. The molecule has 0 aliphatic carbocycles. The van der Waals surface area contributed by atoms with E-state index in [1.54, 1.807) is 24.5 Å². The molecule has 0 amide bonds. The van der Waals surface area contributed by atoms with Crippen LogP contribution in [0.5, 0.6) is 0 Å². The lowest BCUT2D eigenvalue weighted by atomic mass is 10.0. The molecule has 0 saturated heterocycles. The first kappa shape index (κ1) is 13.8. The van der Waals surface area contributed by atoms with Crippen molar-refractivity contribution in [2.75, 3.05) is 0 Å². The first-order chi connectivity index (χ1) is 9.58. The zero-order valence-electron chi connectivity index (χ0n) is 9.95. The molecule has 6 heteroatoms. The van der Waals surface area contributed by atoms with E-state index in [4.69, 9.17) is 11.6 Å². The number of benzene rings is 1. The number of pyridine rings is 1. The number of nitrogens with one attached hydrogen (secondary N) is 1. The zero-order valence-corrected chi connectivity index (χ0v) is 13.9. The average molecular weight is 414 g/mol. The summed E-state index contributed by atoms with van der Waals surface area (Å²) in [4.78, 5) is 19.8. The maximum absolute atomic E-state index is 12.7. The van der Waals surface area contributed by atoms with Crippen LogP contribution in [-0.4, -0.2) is 15.8 Å². The number of halogens is 3. The fourth-order valence-electron chi connectivity index (χ4n) is 2.01. The Hall–Kier alpha value is -1.17. The Morgan fingerprint density at radius 2 is 2.00 bits per heavy atom. The number of carbonyl (C=O) groups excluding carboxylic acids is 1. The van der Waals surface area contributed by atoms with E-state index in [9.17, 15) is 4.79 Å². The summed E-state index contributed by atoms with van der Waals surface area (Å²) < 4.78 is 1.58. The molecular weight excluding hydrogens is 407 g/mol. The zero-order chi connectivity index (χ0) is 14.3. The summed E-state index contributed by atoms with van der Waals surface area (Å²) in [5.74, 6) is -0.112. The molecule has 0 saturated carbocycles. The lowest BCUT2D eigenvalue weighted by Crippen LogP contribution is -2.02. The van der Waals surface area contributed by atoms with Crippen LogP contribution in [0.3, 0.4) is 0 Å². The van der Waals surface area contributed by atoms with E-state index in [2.05, 4.69) is 41.8 Å². The van der Waals surface area contributed by atoms with Crippen LogP contribution in [0.15, 0.2) is 45.6 Å². The molecule has 3 nitrogen and oxygen atoms in total. The molecule has 2 aromatic heterocycles. The van der Waals surface area contributed by atoms with Crippen LogP contribution in [-0.2, 0) is 0 Å². The molecular formula is C14H7Br2ClN2O. The van der Waals surface area contributed by atoms with Crippen LogP contribution in [0.1, 0.15) is 15.9 Å². The summed E-state index contributed by atoms with van der Waals surface area (Å²) in [7, 11) is 0. The van der Waals surface area contributed by atoms with Crippen LogP contribution in [0.2, 0.25) is 5.02 Å². The molecule has 3 aromatic rings. The summed E-state index contributed by atoms with van der Waals surface area (Å²) in [6.45, 7) is 0. The summed E-state index contributed by atoms with van der Waals surface area (Å²) in [5, 5.41) is 1.15. The highest BCUT2D eigenvalue weighted by Crippen LogP contribution is 2.30. The quantitative estimate of drug-likeness (QED) is 0.602. The van der Waals surface area contributed by atoms with Crippen LogP contribution >= 0.6 is 43.5 Å². The number of fused-ring (bicyclic) bond motifs is 1. The Morgan fingerprint density at radius 1 is 1.20 bits per heavy atom. The van der Waals surface area contributed by atoms with Gasteiger partial charge in [-0.25, -0.2) is 4.98 Å². The highest BCUT2D eigenvalue weighted by molar-refractivity contribution is 9.11. The van der Waals surface area contributed by atoms with Gasteiger partial charge in [-0.3, -0.25) is 4.79 Å². The van der Waals surface area contributed by atoms with Crippen molar-refractivity contribution in [2.45, 2.75) is 0 Å². The number of hydrogen-bond donors (Lipinski definition) is 1. The number of hydrogen-bond acceptors (Lipinski definition) is 2. The number of aromatic amines is 1. The molecule has 0 radical (unpaired) electrons. The third-order valence-electron chi connectivity index (χ3n) is 2.94. The minimum atomic E-state index is -0.112. The van der Waals surface area contributed by atoms with Gasteiger partial charge in [0.2, 0.25) is 0 Å². The van der Waals surface area contributed by atoms with Gasteiger partial charge in [-0.1, -0.05) is 43.5 Å². The minimum Gasteiger partial charge on any atom is -0.345 e. The van der Waals surface area contributed by atoms with Crippen LogP contribution in [0.4, 0.5) is 0 Å². The van der Waals surface area contributed by atoms with Crippen LogP contribution < -0.4 is 0 Å². The SMILES string of the molecule is O=C(c1cc(Br)ccc1Br)c1c[nH]c2nccc(Cl)c12. The van der Waals surface area contributed by atoms with Gasteiger partial charge in [-0.2, -0.15) is 0 Å². The number of H-pyrrole nitrogens is 1. The second kappa shape index (κ2) is 5.31. The molecule has 100 valence electrons. The van der Waals surface area contributed by atoms with Crippen LogP contribution in [0, 0.1) is 0 Å². The minimum absolute atomic E-state index is 0.112. The van der Waals surface area contributed by atoms with Crippen molar-refractivity contribution in [3.8, 4) is 0 Å². The highest BCUT2D eigenvalue weighted by atomic mass is 79.9. The Bertz CT molecular complexity index is 829. The van der Waals surface area contributed by atoms with E-state index in [1.807, 2.05) is 12.1 Å². The normalized spacial score (nSPS) is 10.9. The number of ketones is 1. The second-order valence-electron chi connectivity index (χ2n) is 4.17. The molecule has 0 aliphatic heterocycles. The number of aromatic nitrogens is 2. The third-order valence-corrected chi connectivity index (χ3v) is 4.44. The monoisotopic (exact) mass is 412 g/mol. The Labute approximate surface area is 136 Å². The van der Waals surface area contributed by atoms with Crippen molar-refractivity contribution < 1.29 is 4.79 Å². The van der Waals surface area contributed by atoms with E-state index >= 15 is 0 Å². The van der Waals surface area contributed by atoms with E-state index < -0.39 is 0 Å². The third kappa shape index (κ3) is 2.30. The van der Waals surface area contributed by atoms with Gasteiger partial charge in [-0.15, -0.1) is 0 Å². The van der Waals surface area contributed by atoms with Gasteiger partial charge in [0.15, 0.2) is 5.78 Å². The van der Waals surface area contributed by atoms with Gasteiger partial charge in [0, 0.05) is 32.3 Å². The van der Waals surface area contributed by atoms with E-state index in [0.717, 1.165) is 8.95 Å². The molecule has 0 fully saturated rings. The average Bonchev–Trinajstić information content (AvgIpc) is 2.86. The summed E-state index contributed by atoms with van der Waals surface area (Å²) >= 11 is 12.9. The topological polar surface area (TPSA) is 45.8 Å².